The highest BCUT2D eigenvalue weighted by Gasteiger charge is 2.30. The van der Waals surface area contributed by atoms with E-state index in [0.29, 0.717) is 16.0 Å². The van der Waals surface area contributed by atoms with Gasteiger partial charge in [-0.25, -0.2) is 4.68 Å². The Kier molecular flexibility index (Phi) is 3.82. The normalized spacial score (nSPS) is 12.7. The van der Waals surface area contributed by atoms with Gasteiger partial charge >= 0.3 is 6.18 Å². The summed E-state index contributed by atoms with van der Waals surface area (Å²) in [5.41, 5.74) is 6.29. The number of anilines is 1. The molecule has 0 aliphatic rings. The molecule has 21 heavy (non-hydrogen) atoms. The summed E-state index contributed by atoms with van der Waals surface area (Å²) in [4.78, 5) is 0. The SMILES string of the molecule is CC(C)(C)c1nn(-c2ccc(C(F)(F)F)cc2)c(N)c1Br. The molecule has 114 valence electrons. The van der Waals surface area contributed by atoms with Crippen molar-refractivity contribution < 1.29 is 13.2 Å². The molecule has 2 rings (SSSR count). The van der Waals surface area contributed by atoms with Gasteiger partial charge in [0.1, 0.15) is 5.82 Å². The number of aromatic nitrogens is 2. The Morgan fingerprint density at radius 2 is 1.62 bits per heavy atom. The number of halogens is 4. The van der Waals surface area contributed by atoms with Gasteiger partial charge in [-0.1, -0.05) is 20.8 Å². The molecule has 1 aromatic heterocycles. The number of rotatable bonds is 1. The first kappa shape index (κ1) is 15.9. The van der Waals surface area contributed by atoms with E-state index in [-0.39, 0.29) is 5.41 Å². The molecule has 0 aliphatic carbocycles. The van der Waals surface area contributed by atoms with E-state index in [0.717, 1.165) is 17.8 Å². The minimum Gasteiger partial charge on any atom is -0.383 e. The average Bonchev–Trinajstić information content (AvgIpc) is 2.65. The van der Waals surface area contributed by atoms with Crippen molar-refractivity contribution in [2.45, 2.75) is 32.4 Å². The van der Waals surface area contributed by atoms with Gasteiger partial charge in [0.15, 0.2) is 0 Å². The van der Waals surface area contributed by atoms with E-state index in [1.54, 1.807) is 0 Å². The van der Waals surface area contributed by atoms with Gasteiger partial charge < -0.3 is 5.73 Å². The second kappa shape index (κ2) is 5.05. The zero-order valence-electron chi connectivity index (χ0n) is 11.8. The van der Waals surface area contributed by atoms with Crippen LogP contribution in [0.2, 0.25) is 0 Å². The number of benzene rings is 1. The number of nitrogens with two attached hydrogens (primary N) is 1. The Morgan fingerprint density at radius 3 is 2.00 bits per heavy atom. The highest BCUT2D eigenvalue weighted by Crippen LogP contribution is 2.35. The minimum absolute atomic E-state index is 0.232. The number of hydrogen-bond donors (Lipinski definition) is 1. The predicted molar refractivity (Wildman–Crippen MR) is 79.4 cm³/mol. The minimum atomic E-state index is -4.36. The van der Waals surface area contributed by atoms with E-state index < -0.39 is 11.7 Å². The van der Waals surface area contributed by atoms with Gasteiger partial charge in [-0.05, 0) is 40.2 Å². The van der Waals surface area contributed by atoms with E-state index in [9.17, 15) is 13.2 Å². The fourth-order valence-corrected chi connectivity index (χ4v) is 2.72. The third-order valence-corrected chi connectivity index (χ3v) is 3.79. The highest BCUT2D eigenvalue weighted by atomic mass is 79.9. The Balaban J connectivity index is 2.48. The van der Waals surface area contributed by atoms with Crippen LogP contribution in [0, 0.1) is 0 Å². The van der Waals surface area contributed by atoms with E-state index in [4.69, 9.17) is 5.73 Å². The maximum atomic E-state index is 12.6. The van der Waals surface area contributed by atoms with E-state index in [2.05, 4.69) is 21.0 Å². The molecule has 0 bridgehead atoms. The van der Waals surface area contributed by atoms with Crippen molar-refractivity contribution in [2.24, 2.45) is 0 Å². The Hall–Kier alpha value is -1.50. The number of alkyl halides is 3. The predicted octanol–water partition coefficient (Wildman–Crippen LogP) is 4.53. The van der Waals surface area contributed by atoms with Crippen LogP contribution in [0.25, 0.3) is 5.69 Å². The molecule has 3 nitrogen and oxygen atoms in total. The molecule has 0 atom stereocenters. The van der Waals surface area contributed by atoms with Gasteiger partial charge in [-0.15, -0.1) is 0 Å². The van der Waals surface area contributed by atoms with Gasteiger partial charge in [-0.2, -0.15) is 18.3 Å². The summed E-state index contributed by atoms with van der Waals surface area (Å²) in [6, 6.07) is 4.73. The molecule has 2 N–H and O–H groups in total. The molecule has 0 saturated heterocycles. The molecule has 7 heteroatoms. The molecule has 2 aromatic rings. The van der Waals surface area contributed by atoms with Gasteiger partial charge in [0.2, 0.25) is 0 Å². The third-order valence-electron chi connectivity index (χ3n) is 3.01. The second-order valence-electron chi connectivity index (χ2n) is 5.75. The molecule has 0 amide bonds. The smallest absolute Gasteiger partial charge is 0.383 e. The van der Waals surface area contributed by atoms with Crippen molar-refractivity contribution in [2.75, 3.05) is 5.73 Å². The van der Waals surface area contributed by atoms with Gasteiger partial charge in [0.05, 0.1) is 21.4 Å². The highest BCUT2D eigenvalue weighted by molar-refractivity contribution is 9.10. The second-order valence-corrected chi connectivity index (χ2v) is 6.55. The van der Waals surface area contributed by atoms with Crippen molar-refractivity contribution in [1.82, 2.24) is 9.78 Å². The van der Waals surface area contributed by atoms with E-state index in [1.165, 1.54) is 16.8 Å². The molecule has 0 saturated carbocycles. The lowest BCUT2D eigenvalue weighted by Crippen LogP contribution is -2.13. The summed E-state index contributed by atoms with van der Waals surface area (Å²) in [6.45, 7) is 5.95. The maximum Gasteiger partial charge on any atom is 0.416 e. The van der Waals surface area contributed by atoms with Gasteiger partial charge in [-0.3, -0.25) is 0 Å². The fraction of sp³-hybridized carbons (Fsp3) is 0.357. The molecule has 0 radical (unpaired) electrons. The molecule has 1 heterocycles. The summed E-state index contributed by atoms with van der Waals surface area (Å²) in [5, 5.41) is 4.41. The number of hydrogen-bond acceptors (Lipinski definition) is 2. The summed E-state index contributed by atoms with van der Waals surface area (Å²) in [5.74, 6) is 0.361. The van der Waals surface area contributed by atoms with E-state index >= 15 is 0 Å². The third kappa shape index (κ3) is 3.07. The topological polar surface area (TPSA) is 43.8 Å². The molecular formula is C14H15BrF3N3. The summed E-state index contributed by atoms with van der Waals surface area (Å²) >= 11 is 3.39. The molecule has 0 fully saturated rings. The van der Waals surface area contributed by atoms with Crippen LogP contribution < -0.4 is 5.73 Å². The van der Waals surface area contributed by atoms with Crippen LogP contribution in [-0.2, 0) is 11.6 Å². The van der Waals surface area contributed by atoms with Crippen LogP contribution in [0.4, 0.5) is 19.0 Å². The molecular weight excluding hydrogens is 347 g/mol. The van der Waals surface area contributed by atoms with E-state index in [1.807, 2.05) is 20.8 Å². The molecule has 0 unspecified atom stereocenters. The average molecular weight is 362 g/mol. The van der Waals surface area contributed by atoms with Crippen LogP contribution in [0.1, 0.15) is 32.0 Å². The fourth-order valence-electron chi connectivity index (χ4n) is 1.88. The van der Waals surface area contributed by atoms with Crippen molar-refractivity contribution >= 4 is 21.7 Å². The van der Waals surface area contributed by atoms with Crippen LogP contribution in [0.3, 0.4) is 0 Å². The van der Waals surface area contributed by atoms with Gasteiger partial charge in [0, 0.05) is 5.41 Å². The quantitative estimate of drug-likeness (QED) is 0.810. The molecule has 0 spiro atoms. The number of nitrogens with zero attached hydrogens (tertiary/aromatic N) is 2. The zero-order chi connectivity index (χ0) is 16.0. The number of nitrogen functional groups attached to an aromatic ring is 1. The zero-order valence-corrected chi connectivity index (χ0v) is 13.4. The first-order valence-electron chi connectivity index (χ1n) is 6.24. The summed E-state index contributed by atoms with van der Waals surface area (Å²) in [7, 11) is 0. The van der Waals surface area contributed by atoms with Crippen molar-refractivity contribution in [3.05, 3.63) is 40.0 Å². The lowest BCUT2D eigenvalue weighted by molar-refractivity contribution is -0.137. The first-order valence-corrected chi connectivity index (χ1v) is 7.03. The van der Waals surface area contributed by atoms with Crippen LogP contribution in [-0.4, -0.2) is 9.78 Å². The van der Waals surface area contributed by atoms with Crippen LogP contribution >= 0.6 is 15.9 Å². The Labute approximate surface area is 129 Å². The Morgan fingerprint density at radius 1 is 1.10 bits per heavy atom. The monoisotopic (exact) mass is 361 g/mol. The van der Waals surface area contributed by atoms with Gasteiger partial charge in [0.25, 0.3) is 0 Å². The summed E-state index contributed by atoms with van der Waals surface area (Å²) in [6.07, 6.45) is -4.36. The lowest BCUT2D eigenvalue weighted by atomic mass is 9.92. The van der Waals surface area contributed by atoms with Crippen LogP contribution in [0.15, 0.2) is 28.7 Å². The van der Waals surface area contributed by atoms with Crippen molar-refractivity contribution in [3.63, 3.8) is 0 Å². The molecule has 1 aromatic carbocycles. The van der Waals surface area contributed by atoms with Crippen molar-refractivity contribution in [3.8, 4) is 5.69 Å². The largest absolute Gasteiger partial charge is 0.416 e. The summed E-state index contributed by atoms with van der Waals surface area (Å²) < 4.78 is 39.8. The maximum absolute atomic E-state index is 12.6. The Bertz CT molecular complexity index is 652. The lowest BCUT2D eigenvalue weighted by Gasteiger charge is -2.15. The standard InChI is InChI=1S/C14H15BrF3N3/c1-13(2,3)11-10(15)12(19)21(20-11)9-6-4-8(5-7-9)14(16,17)18/h4-7H,19H2,1-3H3. The first-order chi connectivity index (χ1) is 9.51. The molecule has 0 aliphatic heterocycles. The van der Waals surface area contributed by atoms with Crippen LogP contribution in [0.5, 0.6) is 0 Å². The van der Waals surface area contributed by atoms with Crippen molar-refractivity contribution in [1.29, 1.82) is 0 Å².